The van der Waals surface area contributed by atoms with E-state index in [1.165, 1.54) is 18.0 Å². The van der Waals surface area contributed by atoms with E-state index in [2.05, 4.69) is 22.1 Å². The van der Waals surface area contributed by atoms with Gasteiger partial charge in [-0.05, 0) is 31.9 Å². The lowest BCUT2D eigenvalue weighted by Gasteiger charge is -2.40. The van der Waals surface area contributed by atoms with Crippen LogP contribution in [0.2, 0.25) is 0 Å². The first-order valence-electron chi connectivity index (χ1n) is 13.5. The lowest BCUT2D eigenvalue weighted by atomic mass is 10.2. The lowest BCUT2D eigenvalue weighted by molar-refractivity contribution is -0.203. The number of alkyl halides is 3. The van der Waals surface area contributed by atoms with Gasteiger partial charge in [0.25, 0.3) is 11.5 Å². The summed E-state index contributed by atoms with van der Waals surface area (Å²) in [5, 5.41) is 3.86. The van der Waals surface area contributed by atoms with Crippen molar-refractivity contribution in [2.75, 3.05) is 55.8 Å². The second kappa shape index (κ2) is 11.9. The maximum atomic E-state index is 13.8. The zero-order valence-corrected chi connectivity index (χ0v) is 23.1. The van der Waals surface area contributed by atoms with Gasteiger partial charge in [-0.25, -0.2) is 4.79 Å². The molecule has 42 heavy (non-hydrogen) atoms. The molecule has 2 fully saturated rings. The van der Waals surface area contributed by atoms with Crippen molar-refractivity contribution in [1.82, 2.24) is 24.7 Å². The summed E-state index contributed by atoms with van der Waals surface area (Å²) in [5.41, 5.74) is -0.525. The summed E-state index contributed by atoms with van der Waals surface area (Å²) < 4.78 is 47.3. The molecule has 2 saturated heterocycles. The minimum atomic E-state index is -5.31. The molecule has 0 bridgehead atoms. The summed E-state index contributed by atoms with van der Waals surface area (Å²) in [5.74, 6) is 2.63. The third kappa shape index (κ3) is 5.59. The topological polar surface area (TPSA) is 112 Å². The van der Waals surface area contributed by atoms with Crippen molar-refractivity contribution < 1.29 is 32.3 Å². The molecule has 1 aromatic carbocycles. The van der Waals surface area contributed by atoms with Crippen LogP contribution in [0.3, 0.4) is 0 Å². The molecule has 5 rings (SSSR count). The third-order valence-corrected chi connectivity index (χ3v) is 7.22. The number of aromatic nitrogens is 2. The minimum absolute atomic E-state index is 0.0531. The molecular formula is C27H30F3N7O5. The number of carbonyl (C=O) groups excluding carboxylic acids is 2. The predicted octanol–water partition coefficient (Wildman–Crippen LogP) is 1.67. The quantitative estimate of drug-likeness (QED) is 0.500. The standard InChI is InChI=1S/C27H30F3N7O5/c1-3-4-15-36-20-21(37(42-24(40)27(28,29)30)26(36)35-16-11-31-12-17-35)32-25(33(2)23(20)39)41-19-10-6-5-9-18(19)22(38)34-13-7-8-14-34/h5-6,9-10,26,31H,7-8,11-17H2,1-2H3. The number of para-hydroxylation sites is 1. The van der Waals surface area contributed by atoms with Gasteiger partial charge in [0.05, 0.1) is 12.1 Å². The Morgan fingerprint density at radius 2 is 1.81 bits per heavy atom. The molecule has 1 aromatic heterocycles. The Kier molecular flexibility index (Phi) is 8.28. The smallest absolute Gasteiger partial charge is 0.425 e. The number of hydrogen-bond acceptors (Lipinski definition) is 10. The number of likely N-dealkylation sites (tertiary alicyclic amines) is 1. The number of anilines is 2. The predicted molar refractivity (Wildman–Crippen MR) is 145 cm³/mol. The van der Waals surface area contributed by atoms with Gasteiger partial charge in [-0.15, -0.1) is 11.0 Å². The Morgan fingerprint density at radius 3 is 2.48 bits per heavy atom. The number of halogens is 3. The summed E-state index contributed by atoms with van der Waals surface area (Å²) in [6, 6.07) is 6.14. The van der Waals surface area contributed by atoms with Gasteiger partial charge in [-0.1, -0.05) is 18.1 Å². The van der Waals surface area contributed by atoms with Crippen molar-refractivity contribution in [3.8, 4) is 23.6 Å². The maximum Gasteiger partial charge on any atom is 0.493 e. The van der Waals surface area contributed by atoms with Crippen LogP contribution in [0.4, 0.5) is 24.7 Å². The number of benzene rings is 1. The van der Waals surface area contributed by atoms with E-state index in [0.717, 1.165) is 17.4 Å². The van der Waals surface area contributed by atoms with Crippen LogP contribution < -0.4 is 25.6 Å². The Morgan fingerprint density at radius 1 is 1.12 bits per heavy atom. The highest BCUT2D eigenvalue weighted by Crippen LogP contribution is 2.39. The van der Waals surface area contributed by atoms with Gasteiger partial charge >= 0.3 is 18.2 Å². The van der Waals surface area contributed by atoms with Gasteiger partial charge in [-0.2, -0.15) is 18.2 Å². The molecule has 15 heteroatoms. The Bertz CT molecular complexity index is 1470. The fourth-order valence-electron chi connectivity index (χ4n) is 5.14. The average Bonchev–Trinajstić information content (AvgIpc) is 3.62. The molecule has 3 aliphatic rings. The van der Waals surface area contributed by atoms with Crippen molar-refractivity contribution in [2.24, 2.45) is 7.05 Å². The highest BCUT2D eigenvalue weighted by Gasteiger charge is 2.50. The molecule has 2 aromatic rings. The number of piperazine rings is 1. The van der Waals surface area contributed by atoms with Crippen LogP contribution in [0, 0.1) is 11.8 Å². The number of nitrogens with zero attached hydrogens (tertiary/aromatic N) is 6. The SMILES string of the molecule is CC#CCN1c2c(nc(Oc3ccccc3C(=O)N3CCCC3)n(C)c2=O)N(OC(=O)C(F)(F)F)C1N1CCNCC1. The number of fused-ring (bicyclic) bond motifs is 1. The maximum absolute atomic E-state index is 13.8. The Labute approximate surface area is 239 Å². The Balaban J connectivity index is 1.60. The van der Waals surface area contributed by atoms with Crippen LogP contribution in [0.15, 0.2) is 29.1 Å². The monoisotopic (exact) mass is 589 g/mol. The molecule has 0 aliphatic carbocycles. The summed E-state index contributed by atoms with van der Waals surface area (Å²) in [6.07, 6.45) is -4.67. The van der Waals surface area contributed by atoms with E-state index >= 15 is 0 Å². The van der Waals surface area contributed by atoms with Gasteiger partial charge in [0.1, 0.15) is 5.75 Å². The fourth-order valence-corrected chi connectivity index (χ4v) is 5.14. The van der Waals surface area contributed by atoms with E-state index in [9.17, 15) is 27.6 Å². The fraction of sp³-hybridized carbons (Fsp3) is 0.481. The first kappa shape index (κ1) is 29.2. The molecule has 0 radical (unpaired) electrons. The number of ether oxygens (including phenoxy) is 1. The molecule has 1 atom stereocenters. The summed E-state index contributed by atoms with van der Waals surface area (Å²) >= 11 is 0. The molecule has 3 aliphatic heterocycles. The van der Waals surface area contributed by atoms with Crippen molar-refractivity contribution >= 4 is 23.4 Å². The largest absolute Gasteiger partial charge is 0.493 e. The van der Waals surface area contributed by atoms with Crippen LogP contribution in [0.25, 0.3) is 0 Å². The lowest BCUT2D eigenvalue weighted by Crippen LogP contribution is -2.61. The van der Waals surface area contributed by atoms with Gasteiger partial charge in [-0.3, -0.25) is 19.1 Å². The number of amides is 1. The molecule has 1 unspecified atom stereocenters. The number of nitrogens with one attached hydrogen (secondary N) is 1. The van der Waals surface area contributed by atoms with Gasteiger partial charge < -0.3 is 24.7 Å². The van der Waals surface area contributed by atoms with E-state index in [-0.39, 0.29) is 41.3 Å². The molecule has 0 saturated carbocycles. The second-order valence-corrected chi connectivity index (χ2v) is 9.92. The van der Waals surface area contributed by atoms with E-state index in [1.807, 2.05) is 0 Å². The summed E-state index contributed by atoms with van der Waals surface area (Å²) in [7, 11) is 1.39. The first-order valence-corrected chi connectivity index (χ1v) is 13.5. The summed E-state index contributed by atoms with van der Waals surface area (Å²) in [4.78, 5) is 53.3. The number of carbonyl (C=O) groups is 2. The molecule has 224 valence electrons. The molecular weight excluding hydrogens is 559 g/mol. The normalized spacial score (nSPS) is 18.9. The van der Waals surface area contributed by atoms with Gasteiger partial charge in [0.2, 0.25) is 5.82 Å². The van der Waals surface area contributed by atoms with Crippen LogP contribution in [0.5, 0.6) is 11.8 Å². The van der Waals surface area contributed by atoms with E-state index in [1.54, 1.807) is 34.9 Å². The molecule has 0 spiro atoms. The number of rotatable bonds is 6. The number of hydroxylamine groups is 1. The van der Waals surface area contributed by atoms with Gasteiger partial charge in [0.15, 0.2) is 12.0 Å². The molecule has 1 N–H and O–H groups in total. The number of hydrogen-bond donors (Lipinski definition) is 1. The first-order chi connectivity index (χ1) is 20.1. The molecule has 12 nitrogen and oxygen atoms in total. The molecule has 1 amide bonds. The van der Waals surface area contributed by atoms with Crippen LogP contribution in [-0.4, -0.2) is 89.5 Å². The van der Waals surface area contributed by atoms with Crippen molar-refractivity contribution in [3.63, 3.8) is 0 Å². The summed E-state index contributed by atoms with van der Waals surface area (Å²) in [6.45, 7) is 4.54. The van der Waals surface area contributed by atoms with Crippen molar-refractivity contribution in [2.45, 2.75) is 32.2 Å². The Hall–Kier alpha value is -4.29. The van der Waals surface area contributed by atoms with Crippen molar-refractivity contribution in [3.05, 3.63) is 40.2 Å². The van der Waals surface area contributed by atoms with Crippen LogP contribution >= 0.6 is 0 Å². The van der Waals surface area contributed by atoms with Crippen LogP contribution in [-0.2, 0) is 16.7 Å². The van der Waals surface area contributed by atoms with E-state index in [0.29, 0.717) is 44.3 Å². The third-order valence-electron chi connectivity index (χ3n) is 7.22. The van der Waals surface area contributed by atoms with Gasteiger partial charge in [0, 0.05) is 46.3 Å². The average molecular weight is 590 g/mol. The highest BCUT2D eigenvalue weighted by molar-refractivity contribution is 5.97. The molecule has 4 heterocycles. The highest BCUT2D eigenvalue weighted by atomic mass is 19.4. The zero-order chi connectivity index (χ0) is 30.0. The zero-order valence-electron chi connectivity index (χ0n) is 23.1. The van der Waals surface area contributed by atoms with Crippen molar-refractivity contribution in [1.29, 1.82) is 0 Å². The van der Waals surface area contributed by atoms with E-state index < -0.39 is 24.0 Å². The van der Waals surface area contributed by atoms with E-state index in [4.69, 9.17) is 9.57 Å². The second-order valence-electron chi connectivity index (χ2n) is 9.92. The minimum Gasteiger partial charge on any atom is -0.425 e. The van der Waals surface area contributed by atoms with Crippen LogP contribution in [0.1, 0.15) is 30.1 Å².